The Bertz CT molecular complexity index is 432. The van der Waals surface area contributed by atoms with Crippen molar-refractivity contribution in [2.75, 3.05) is 18.8 Å². The maximum Gasteiger partial charge on any atom is 0.324 e. The van der Waals surface area contributed by atoms with Crippen molar-refractivity contribution < 1.29 is 9.59 Å². The lowest BCUT2D eigenvalue weighted by molar-refractivity contribution is -0.124. The minimum absolute atomic E-state index is 0.171. The number of hydrogen-bond donors (Lipinski definition) is 1. The van der Waals surface area contributed by atoms with E-state index in [1.54, 1.807) is 6.20 Å². The van der Waals surface area contributed by atoms with Crippen molar-refractivity contribution in [2.45, 2.75) is 18.6 Å². The van der Waals surface area contributed by atoms with Crippen molar-refractivity contribution in [3.63, 3.8) is 0 Å². The average molecular weight is 254 g/mol. The van der Waals surface area contributed by atoms with E-state index < -0.39 is 0 Å². The summed E-state index contributed by atoms with van der Waals surface area (Å²) in [5, 5.41) is 3.41. The Hall–Kier alpha value is -1.50. The summed E-state index contributed by atoms with van der Waals surface area (Å²) in [5.41, 5.74) is 0. The lowest BCUT2D eigenvalue weighted by atomic mass is 10.5. The molecule has 3 amide bonds. The van der Waals surface area contributed by atoms with Crippen LogP contribution in [0, 0.1) is 0 Å². The van der Waals surface area contributed by atoms with Crippen LogP contribution in [0.15, 0.2) is 17.6 Å². The number of imide groups is 1. The van der Waals surface area contributed by atoms with Gasteiger partial charge in [0.05, 0.1) is 5.75 Å². The monoisotopic (exact) mass is 254 g/mol. The lowest BCUT2D eigenvalue weighted by Gasteiger charge is -2.11. The first-order valence-electron chi connectivity index (χ1n) is 5.44. The third-order valence-electron chi connectivity index (χ3n) is 2.50. The Kier molecular flexibility index (Phi) is 3.68. The van der Waals surface area contributed by atoms with E-state index >= 15 is 0 Å². The number of nitrogens with one attached hydrogen (secondary N) is 1. The summed E-state index contributed by atoms with van der Waals surface area (Å²) in [4.78, 5) is 28.4. The van der Waals surface area contributed by atoms with E-state index in [0.29, 0.717) is 13.1 Å². The number of amides is 3. The number of nitrogens with zero attached hydrogens (tertiary/aromatic N) is 3. The topological polar surface area (TPSA) is 67.2 Å². The number of rotatable bonds is 4. The average Bonchev–Trinajstić information content (AvgIpc) is 2.94. The van der Waals surface area contributed by atoms with E-state index in [1.807, 2.05) is 17.7 Å². The van der Waals surface area contributed by atoms with Gasteiger partial charge in [-0.25, -0.2) is 9.78 Å². The van der Waals surface area contributed by atoms with Crippen LogP contribution in [0.25, 0.3) is 0 Å². The van der Waals surface area contributed by atoms with Crippen molar-refractivity contribution in [1.82, 2.24) is 19.8 Å². The molecule has 1 aromatic heterocycles. The second kappa shape index (κ2) is 5.22. The van der Waals surface area contributed by atoms with Gasteiger partial charge < -0.3 is 9.88 Å². The number of imidazole rings is 1. The third-order valence-corrected chi connectivity index (χ3v) is 3.49. The van der Waals surface area contributed by atoms with Gasteiger partial charge in [0, 0.05) is 32.0 Å². The van der Waals surface area contributed by atoms with Crippen molar-refractivity contribution in [1.29, 1.82) is 0 Å². The summed E-state index contributed by atoms with van der Waals surface area (Å²) in [6.45, 7) is 3.83. The summed E-state index contributed by atoms with van der Waals surface area (Å²) in [7, 11) is 0. The van der Waals surface area contributed by atoms with Gasteiger partial charge in [0.25, 0.3) is 0 Å². The van der Waals surface area contributed by atoms with Gasteiger partial charge in [-0.1, -0.05) is 11.8 Å². The van der Waals surface area contributed by atoms with Crippen LogP contribution in [-0.2, 0) is 11.3 Å². The van der Waals surface area contributed by atoms with E-state index in [1.165, 1.54) is 16.7 Å². The molecule has 0 aromatic carbocycles. The quantitative estimate of drug-likeness (QED) is 0.797. The number of carbonyl (C=O) groups excluding carboxylic acids is 2. The predicted molar refractivity (Wildman–Crippen MR) is 63.7 cm³/mol. The molecule has 7 heteroatoms. The van der Waals surface area contributed by atoms with Crippen LogP contribution in [0.2, 0.25) is 0 Å². The molecule has 2 rings (SSSR count). The smallest absolute Gasteiger partial charge is 0.324 e. The minimum Gasteiger partial charge on any atom is -0.336 e. The molecule has 2 heterocycles. The molecular weight excluding hydrogens is 240 g/mol. The standard InChI is InChI=1S/C10H14N4O2S/c1-2-13-5-3-12-10(13)17-7-8(15)14-6-4-11-9(14)16/h3,5H,2,4,6-7H2,1H3,(H,11,16). The highest BCUT2D eigenvalue weighted by Crippen LogP contribution is 2.16. The molecule has 0 atom stereocenters. The first-order chi connectivity index (χ1) is 8.22. The van der Waals surface area contributed by atoms with Crippen molar-refractivity contribution in [3.05, 3.63) is 12.4 Å². The zero-order valence-electron chi connectivity index (χ0n) is 9.55. The Labute approximate surface area is 103 Å². The van der Waals surface area contributed by atoms with Crippen LogP contribution in [0.1, 0.15) is 6.92 Å². The molecule has 6 nitrogen and oxygen atoms in total. The molecule has 1 saturated heterocycles. The summed E-state index contributed by atoms with van der Waals surface area (Å²) in [5.74, 6) is 0.0698. The summed E-state index contributed by atoms with van der Waals surface area (Å²) in [6, 6.07) is -0.297. The first-order valence-corrected chi connectivity index (χ1v) is 6.43. The lowest BCUT2D eigenvalue weighted by Crippen LogP contribution is -2.35. The van der Waals surface area contributed by atoms with Gasteiger partial charge in [-0.2, -0.15) is 0 Å². The van der Waals surface area contributed by atoms with Crippen LogP contribution in [-0.4, -0.2) is 45.2 Å². The van der Waals surface area contributed by atoms with E-state index in [0.717, 1.165) is 11.7 Å². The zero-order valence-corrected chi connectivity index (χ0v) is 10.4. The molecule has 1 aromatic rings. The summed E-state index contributed by atoms with van der Waals surface area (Å²) < 4.78 is 1.96. The number of hydrogen-bond acceptors (Lipinski definition) is 4. The number of aromatic nitrogens is 2. The largest absolute Gasteiger partial charge is 0.336 e. The molecule has 0 unspecified atom stereocenters. The highest BCUT2D eigenvalue weighted by Gasteiger charge is 2.26. The predicted octanol–water partition coefficient (Wildman–Crippen LogP) is 0.547. The SMILES string of the molecule is CCn1ccnc1SCC(=O)N1CCNC1=O. The number of aryl methyl sites for hydroxylation is 1. The fraction of sp³-hybridized carbons (Fsp3) is 0.500. The van der Waals surface area contributed by atoms with Crippen LogP contribution < -0.4 is 5.32 Å². The minimum atomic E-state index is -0.297. The highest BCUT2D eigenvalue weighted by molar-refractivity contribution is 7.99. The first kappa shape index (κ1) is 12.0. The van der Waals surface area contributed by atoms with Gasteiger partial charge in [0.15, 0.2) is 5.16 Å². The Morgan fingerprint density at radius 3 is 3.12 bits per heavy atom. The van der Waals surface area contributed by atoms with E-state index in [2.05, 4.69) is 10.3 Å². The molecule has 0 spiro atoms. The normalized spacial score (nSPS) is 15.1. The van der Waals surface area contributed by atoms with Crippen LogP contribution >= 0.6 is 11.8 Å². The highest BCUT2D eigenvalue weighted by atomic mass is 32.2. The molecule has 1 fully saturated rings. The molecule has 0 saturated carbocycles. The molecule has 0 bridgehead atoms. The Balaban J connectivity index is 1.90. The Morgan fingerprint density at radius 1 is 1.65 bits per heavy atom. The van der Waals surface area contributed by atoms with Crippen LogP contribution in [0.5, 0.6) is 0 Å². The zero-order chi connectivity index (χ0) is 12.3. The molecule has 1 aliphatic heterocycles. The van der Waals surface area contributed by atoms with E-state index in [-0.39, 0.29) is 17.7 Å². The maximum absolute atomic E-state index is 11.8. The fourth-order valence-electron chi connectivity index (χ4n) is 1.59. The van der Waals surface area contributed by atoms with Gasteiger partial charge in [-0.15, -0.1) is 0 Å². The molecular formula is C10H14N4O2S. The van der Waals surface area contributed by atoms with Gasteiger partial charge in [0.2, 0.25) is 5.91 Å². The Morgan fingerprint density at radius 2 is 2.47 bits per heavy atom. The summed E-state index contributed by atoms with van der Waals surface area (Å²) >= 11 is 1.36. The number of urea groups is 1. The van der Waals surface area contributed by atoms with Crippen molar-refractivity contribution >= 4 is 23.7 Å². The maximum atomic E-state index is 11.8. The molecule has 92 valence electrons. The third kappa shape index (κ3) is 2.60. The molecule has 1 N–H and O–H groups in total. The molecule has 1 aliphatic rings. The van der Waals surface area contributed by atoms with Crippen molar-refractivity contribution in [3.8, 4) is 0 Å². The van der Waals surface area contributed by atoms with E-state index in [9.17, 15) is 9.59 Å². The number of thioether (sulfide) groups is 1. The molecule has 17 heavy (non-hydrogen) atoms. The number of carbonyl (C=O) groups is 2. The van der Waals surface area contributed by atoms with Crippen LogP contribution in [0.3, 0.4) is 0 Å². The second-order valence-corrected chi connectivity index (χ2v) is 4.50. The second-order valence-electron chi connectivity index (χ2n) is 3.56. The van der Waals surface area contributed by atoms with Crippen molar-refractivity contribution in [2.24, 2.45) is 0 Å². The van der Waals surface area contributed by atoms with Crippen LogP contribution in [0.4, 0.5) is 4.79 Å². The fourth-order valence-corrected chi connectivity index (χ4v) is 2.49. The molecule has 0 aliphatic carbocycles. The van der Waals surface area contributed by atoms with Gasteiger partial charge >= 0.3 is 6.03 Å². The van der Waals surface area contributed by atoms with Gasteiger partial charge in [0.1, 0.15) is 0 Å². The summed E-state index contributed by atoms with van der Waals surface area (Å²) in [6.07, 6.45) is 3.58. The van der Waals surface area contributed by atoms with Gasteiger partial charge in [-0.3, -0.25) is 9.69 Å². The van der Waals surface area contributed by atoms with Gasteiger partial charge in [-0.05, 0) is 6.92 Å². The molecule has 0 radical (unpaired) electrons. The van der Waals surface area contributed by atoms with E-state index in [4.69, 9.17) is 0 Å².